The van der Waals surface area contributed by atoms with Crippen molar-refractivity contribution in [2.75, 3.05) is 18.0 Å². The smallest absolute Gasteiger partial charge is 0.0895 e. The van der Waals surface area contributed by atoms with Crippen molar-refractivity contribution in [1.29, 1.82) is 0 Å². The number of aliphatic hydroxyl groups is 1. The van der Waals surface area contributed by atoms with Gasteiger partial charge in [-0.1, -0.05) is 12.1 Å². The van der Waals surface area contributed by atoms with Gasteiger partial charge in [-0.3, -0.25) is 4.99 Å². The zero-order valence-electron chi connectivity index (χ0n) is 9.14. The van der Waals surface area contributed by atoms with Crippen molar-refractivity contribution in [3.8, 4) is 0 Å². The summed E-state index contributed by atoms with van der Waals surface area (Å²) in [7, 11) is 0. The third kappa shape index (κ3) is 2.18. The molecule has 0 fully saturated rings. The number of hydrogen-bond donors (Lipinski definition) is 1. The lowest BCUT2D eigenvalue weighted by Gasteiger charge is -2.21. The SMILES string of the molecule is CC(C)(O)c1cccc(N2C=NCC2)c1. The van der Waals surface area contributed by atoms with E-state index < -0.39 is 5.60 Å². The van der Waals surface area contributed by atoms with Gasteiger partial charge < -0.3 is 10.0 Å². The van der Waals surface area contributed by atoms with E-state index in [1.54, 1.807) is 13.8 Å². The summed E-state index contributed by atoms with van der Waals surface area (Å²) in [6.07, 6.45) is 1.85. The Hall–Kier alpha value is -1.35. The first-order valence-electron chi connectivity index (χ1n) is 5.17. The quantitative estimate of drug-likeness (QED) is 0.796. The van der Waals surface area contributed by atoms with Crippen LogP contribution < -0.4 is 4.90 Å². The molecule has 1 aromatic carbocycles. The van der Waals surface area contributed by atoms with E-state index in [0.29, 0.717) is 0 Å². The first kappa shape index (κ1) is 10.2. The predicted molar refractivity (Wildman–Crippen MR) is 62.4 cm³/mol. The van der Waals surface area contributed by atoms with Crippen LogP contribution in [0.1, 0.15) is 19.4 Å². The number of rotatable bonds is 2. The van der Waals surface area contributed by atoms with Crippen molar-refractivity contribution in [2.45, 2.75) is 19.4 Å². The zero-order valence-corrected chi connectivity index (χ0v) is 9.14. The minimum Gasteiger partial charge on any atom is -0.386 e. The van der Waals surface area contributed by atoms with Crippen LogP contribution in [0.5, 0.6) is 0 Å². The summed E-state index contributed by atoms with van der Waals surface area (Å²) in [6.45, 7) is 5.37. The van der Waals surface area contributed by atoms with Crippen molar-refractivity contribution >= 4 is 12.0 Å². The first-order chi connectivity index (χ1) is 7.07. The van der Waals surface area contributed by atoms with E-state index >= 15 is 0 Å². The van der Waals surface area contributed by atoms with Crippen LogP contribution in [-0.2, 0) is 5.60 Å². The molecule has 3 nitrogen and oxygen atoms in total. The lowest BCUT2D eigenvalue weighted by atomic mass is 9.98. The largest absolute Gasteiger partial charge is 0.386 e. The Morgan fingerprint density at radius 3 is 2.80 bits per heavy atom. The second kappa shape index (κ2) is 3.66. The Morgan fingerprint density at radius 2 is 2.20 bits per heavy atom. The Morgan fingerprint density at radius 1 is 1.40 bits per heavy atom. The highest BCUT2D eigenvalue weighted by Gasteiger charge is 2.17. The van der Waals surface area contributed by atoms with Crippen molar-refractivity contribution in [2.24, 2.45) is 4.99 Å². The van der Waals surface area contributed by atoms with Crippen LogP contribution in [0.3, 0.4) is 0 Å². The molecule has 0 bridgehead atoms. The second-order valence-electron chi connectivity index (χ2n) is 4.32. The molecule has 2 rings (SSSR count). The van der Waals surface area contributed by atoms with E-state index in [2.05, 4.69) is 9.89 Å². The van der Waals surface area contributed by atoms with Crippen molar-refractivity contribution < 1.29 is 5.11 Å². The highest BCUT2D eigenvalue weighted by atomic mass is 16.3. The van der Waals surface area contributed by atoms with Crippen molar-refractivity contribution in [1.82, 2.24) is 0 Å². The summed E-state index contributed by atoms with van der Waals surface area (Å²) >= 11 is 0. The van der Waals surface area contributed by atoms with Crippen molar-refractivity contribution in [3.63, 3.8) is 0 Å². The minimum absolute atomic E-state index is 0.785. The molecule has 0 saturated carbocycles. The molecular weight excluding hydrogens is 188 g/mol. The lowest BCUT2D eigenvalue weighted by molar-refractivity contribution is 0.0786. The van der Waals surface area contributed by atoms with Gasteiger partial charge in [0.2, 0.25) is 0 Å². The van der Waals surface area contributed by atoms with Crippen LogP contribution in [0.4, 0.5) is 5.69 Å². The summed E-state index contributed by atoms with van der Waals surface area (Å²) in [5.41, 5.74) is 1.24. The van der Waals surface area contributed by atoms with Crippen LogP contribution in [0.15, 0.2) is 29.3 Å². The molecule has 1 aliphatic heterocycles. The minimum atomic E-state index is -0.785. The Balaban J connectivity index is 2.30. The van der Waals surface area contributed by atoms with Crippen LogP contribution >= 0.6 is 0 Å². The van der Waals surface area contributed by atoms with Gasteiger partial charge in [0.05, 0.1) is 18.5 Å². The summed E-state index contributed by atoms with van der Waals surface area (Å²) in [5, 5.41) is 9.90. The van der Waals surface area contributed by atoms with E-state index in [0.717, 1.165) is 24.3 Å². The fraction of sp³-hybridized carbons (Fsp3) is 0.417. The molecule has 0 unspecified atom stereocenters. The Kier molecular flexibility index (Phi) is 2.49. The van der Waals surface area contributed by atoms with Crippen LogP contribution in [0, 0.1) is 0 Å². The van der Waals surface area contributed by atoms with Crippen molar-refractivity contribution in [3.05, 3.63) is 29.8 Å². The van der Waals surface area contributed by atoms with Gasteiger partial charge in [0.25, 0.3) is 0 Å². The summed E-state index contributed by atoms with van der Waals surface area (Å²) < 4.78 is 0. The Bertz CT molecular complexity index is 379. The van der Waals surface area contributed by atoms with E-state index in [1.165, 1.54) is 0 Å². The van der Waals surface area contributed by atoms with E-state index in [1.807, 2.05) is 30.6 Å². The fourth-order valence-corrected chi connectivity index (χ4v) is 1.64. The molecule has 0 amide bonds. The maximum atomic E-state index is 9.90. The maximum Gasteiger partial charge on any atom is 0.0895 e. The van der Waals surface area contributed by atoms with Gasteiger partial charge in [-0.15, -0.1) is 0 Å². The molecule has 1 aliphatic rings. The fourth-order valence-electron chi connectivity index (χ4n) is 1.64. The highest BCUT2D eigenvalue weighted by Crippen LogP contribution is 2.24. The third-order valence-corrected chi connectivity index (χ3v) is 2.58. The summed E-state index contributed by atoms with van der Waals surface area (Å²) in [6, 6.07) is 7.95. The molecule has 0 saturated heterocycles. The molecule has 3 heteroatoms. The zero-order chi connectivity index (χ0) is 10.9. The van der Waals surface area contributed by atoms with E-state index in [-0.39, 0.29) is 0 Å². The van der Waals surface area contributed by atoms with E-state index in [4.69, 9.17) is 0 Å². The van der Waals surface area contributed by atoms with Crippen LogP contribution in [0.2, 0.25) is 0 Å². The molecular formula is C12H16N2O. The topological polar surface area (TPSA) is 35.8 Å². The molecule has 1 heterocycles. The Labute approximate surface area is 90.1 Å². The number of benzene rings is 1. The molecule has 0 atom stereocenters. The first-order valence-corrected chi connectivity index (χ1v) is 5.17. The number of anilines is 1. The van der Waals surface area contributed by atoms with Gasteiger partial charge in [-0.2, -0.15) is 0 Å². The average molecular weight is 204 g/mol. The summed E-state index contributed by atoms with van der Waals surface area (Å²) in [4.78, 5) is 6.26. The molecule has 0 aromatic heterocycles. The molecule has 15 heavy (non-hydrogen) atoms. The van der Waals surface area contributed by atoms with Crippen LogP contribution in [0.25, 0.3) is 0 Å². The predicted octanol–water partition coefficient (Wildman–Crippen LogP) is 1.76. The van der Waals surface area contributed by atoms with Gasteiger partial charge in [-0.25, -0.2) is 0 Å². The molecule has 0 spiro atoms. The molecule has 80 valence electrons. The summed E-state index contributed by atoms with van der Waals surface area (Å²) in [5.74, 6) is 0. The number of aliphatic imine (C=N–C) groups is 1. The molecule has 1 aromatic rings. The monoisotopic (exact) mass is 204 g/mol. The van der Waals surface area contributed by atoms with Gasteiger partial charge in [0.15, 0.2) is 0 Å². The normalized spacial score (nSPS) is 16.1. The van der Waals surface area contributed by atoms with Gasteiger partial charge in [0, 0.05) is 12.2 Å². The maximum absolute atomic E-state index is 9.90. The van der Waals surface area contributed by atoms with Crippen LogP contribution in [-0.4, -0.2) is 24.5 Å². The average Bonchev–Trinajstić information content (AvgIpc) is 2.69. The molecule has 0 radical (unpaired) electrons. The van der Waals surface area contributed by atoms with E-state index in [9.17, 15) is 5.11 Å². The standard InChI is InChI=1S/C12H16N2O/c1-12(2,15)10-4-3-5-11(8-10)14-7-6-13-9-14/h3-5,8-9,15H,6-7H2,1-2H3. The van der Waals surface area contributed by atoms with Gasteiger partial charge >= 0.3 is 0 Å². The lowest BCUT2D eigenvalue weighted by Crippen LogP contribution is -2.20. The number of hydrogen-bond acceptors (Lipinski definition) is 3. The number of nitrogens with zero attached hydrogens (tertiary/aromatic N) is 2. The highest BCUT2D eigenvalue weighted by molar-refractivity contribution is 5.81. The third-order valence-electron chi connectivity index (χ3n) is 2.58. The second-order valence-corrected chi connectivity index (χ2v) is 4.32. The van der Waals surface area contributed by atoms with Gasteiger partial charge in [-0.05, 0) is 31.5 Å². The van der Waals surface area contributed by atoms with Gasteiger partial charge in [0.1, 0.15) is 0 Å². The molecule has 0 aliphatic carbocycles. The molecule has 1 N–H and O–H groups in total.